The van der Waals surface area contributed by atoms with Gasteiger partial charge in [-0.2, -0.15) is 0 Å². The lowest BCUT2D eigenvalue weighted by molar-refractivity contribution is -0.0573. The van der Waals surface area contributed by atoms with Gasteiger partial charge in [0.05, 0.1) is 27.5 Å². The number of unbranched alkanes of at least 4 members (excludes halogenated alkanes) is 3. The summed E-state index contributed by atoms with van der Waals surface area (Å²) in [6, 6.07) is 10.6. The molecule has 0 unspecified atom stereocenters. The fourth-order valence-electron chi connectivity index (χ4n) is 3.32. The second-order valence-electron chi connectivity index (χ2n) is 7.20. The molecule has 0 amide bonds. The second kappa shape index (κ2) is 10.0. The van der Waals surface area contributed by atoms with Crippen LogP contribution < -0.4 is 10.1 Å². The van der Waals surface area contributed by atoms with E-state index in [0.29, 0.717) is 38.7 Å². The number of carbonyl (C=O) groups excluding carboxylic acids is 1. The molecule has 1 N–H and O–H groups in total. The Balaban J connectivity index is 1.58. The number of nitrogens with one attached hydrogen (secondary N) is 1. The van der Waals surface area contributed by atoms with Crippen molar-refractivity contribution in [3.63, 3.8) is 0 Å². The Labute approximate surface area is 195 Å². The summed E-state index contributed by atoms with van der Waals surface area (Å²) in [5.74, 6) is 0.283. The maximum Gasteiger partial charge on any atom is 0.232 e. The molecule has 1 aliphatic rings. The average molecular weight is 477 g/mol. The number of hydrogen-bond donors (Lipinski definition) is 1. The molecule has 31 heavy (non-hydrogen) atoms. The summed E-state index contributed by atoms with van der Waals surface area (Å²) in [4.78, 5) is 17.7. The minimum Gasteiger partial charge on any atom is -0.460 e. The normalized spacial score (nSPS) is 17.1. The number of ketones is 1. The van der Waals surface area contributed by atoms with Gasteiger partial charge < -0.3 is 14.8 Å². The molecule has 0 aliphatic carbocycles. The highest BCUT2D eigenvalue weighted by Gasteiger charge is 2.33. The standard InChI is InChI=1S/C23H22Cl2N2O3S/c1-2-3-4-5-11-29-22-16(21(28)15-12-14(24)9-10-18(15)30-22)13-26-23-27-20-17(25)7-6-8-19(20)31-23/h6-10,12-13,22H,2-5,11H2,1H3,(H,26,27)/b16-13+/t22-/m1/s1. The van der Waals surface area contributed by atoms with Gasteiger partial charge in [-0.1, -0.05) is 66.8 Å². The van der Waals surface area contributed by atoms with Gasteiger partial charge in [-0.25, -0.2) is 4.98 Å². The van der Waals surface area contributed by atoms with Gasteiger partial charge in [-0.3, -0.25) is 4.79 Å². The van der Waals surface area contributed by atoms with Crippen LogP contribution in [0, 0.1) is 0 Å². The minimum absolute atomic E-state index is 0.186. The molecule has 2 heterocycles. The number of ether oxygens (including phenoxy) is 2. The maximum absolute atomic E-state index is 13.2. The van der Waals surface area contributed by atoms with Crippen LogP contribution >= 0.6 is 34.5 Å². The van der Waals surface area contributed by atoms with E-state index < -0.39 is 6.29 Å². The number of benzene rings is 2. The first-order valence-electron chi connectivity index (χ1n) is 10.2. The summed E-state index contributed by atoms with van der Waals surface area (Å²) in [5.41, 5.74) is 1.51. The number of anilines is 1. The van der Waals surface area contributed by atoms with Crippen molar-refractivity contribution >= 4 is 55.7 Å². The minimum atomic E-state index is -0.798. The highest BCUT2D eigenvalue weighted by molar-refractivity contribution is 7.22. The Kier molecular flexibility index (Phi) is 7.13. The molecular formula is C23H22Cl2N2O3S. The summed E-state index contributed by atoms with van der Waals surface area (Å²) < 4.78 is 12.9. The SMILES string of the molecule is CCCCCCO[C@@H]1Oc2ccc(Cl)cc2C(=O)/C1=C\Nc1nc2c(Cl)cccc2s1. The molecule has 0 spiro atoms. The molecule has 4 rings (SSSR count). The number of thiazole rings is 1. The Bertz CT molecular complexity index is 1130. The van der Waals surface area contributed by atoms with Gasteiger partial charge >= 0.3 is 0 Å². The number of fused-ring (bicyclic) bond motifs is 2. The zero-order valence-electron chi connectivity index (χ0n) is 17.0. The van der Waals surface area contributed by atoms with Crippen LogP contribution in [0.2, 0.25) is 10.0 Å². The van der Waals surface area contributed by atoms with E-state index in [-0.39, 0.29) is 5.78 Å². The van der Waals surface area contributed by atoms with E-state index >= 15 is 0 Å². The van der Waals surface area contributed by atoms with Gasteiger partial charge in [0.1, 0.15) is 11.3 Å². The molecule has 3 aromatic rings. The first-order chi connectivity index (χ1) is 15.1. The lowest BCUT2D eigenvalue weighted by Gasteiger charge is -2.27. The molecule has 8 heteroatoms. The molecule has 5 nitrogen and oxygen atoms in total. The van der Waals surface area contributed by atoms with E-state index in [1.807, 2.05) is 12.1 Å². The van der Waals surface area contributed by atoms with Gasteiger partial charge in [0.2, 0.25) is 12.1 Å². The molecule has 0 fully saturated rings. The number of Topliss-reactive ketones (excluding diaryl/α,β-unsaturated/α-hetero) is 1. The smallest absolute Gasteiger partial charge is 0.232 e. The Morgan fingerprint density at radius 2 is 2.10 bits per heavy atom. The molecular weight excluding hydrogens is 455 g/mol. The highest BCUT2D eigenvalue weighted by Crippen LogP contribution is 2.34. The third-order valence-corrected chi connectivity index (χ3v) is 6.42. The van der Waals surface area contributed by atoms with Crippen molar-refractivity contribution in [1.82, 2.24) is 4.98 Å². The van der Waals surface area contributed by atoms with Crippen molar-refractivity contribution in [3.05, 3.63) is 63.8 Å². The van der Waals surface area contributed by atoms with E-state index in [0.717, 1.165) is 35.9 Å². The third kappa shape index (κ3) is 5.04. The van der Waals surface area contributed by atoms with Gasteiger partial charge in [-0.05, 0) is 36.8 Å². The van der Waals surface area contributed by atoms with Crippen molar-refractivity contribution in [2.75, 3.05) is 11.9 Å². The Morgan fingerprint density at radius 1 is 1.23 bits per heavy atom. The van der Waals surface area contributed by atoms with Crippen molar-refractivity contribution in [2.24, 2.45) is 0 Å². The molecule has 1 aliphatic heterocycles. The van der Waals surface area contributed by atoms with Crippen molar-refractivity contribution in [2.45, 2.75) is 38.9 Å². The number of hydrogen-bond acceptors (Lipinski definition) is 6. The molecule has 0 saturated heterocycles. The van der Waals surface area contributed by atoms with Gasteiger partial charge in [0.25, 0.3) is 0 Å². The van der Waals surface area contributed by atoms with Crippen LogP contribution in [0.4, 0.5) is 5.13 Å². The number of halogens is 2. The zero-order valence-corrected chi connectivity index (χ0v) is 19.3. The topological polar surface area (TPSA) is 60.5 Å². The third-order valence-electron chi connectivity index (χ3n) is 4.92. The van der Waals surface area contributed by atoms with Gasteiger partial charge in [0, 0.05) is 11.2 Å². The molecule has 1 atom stereocenters. The molecule has 2 aromatic carbocycles. The number of aromatic nitrogens is 1. The highest BCUT2D eigenvalue weighted by atomic mass is 35.5. The molecule has 0 bridgehead atoms. The van der Waals surface area contributed by atoms with Crippen LogP contribution in [0.15, 0.2) is 48.2 Å². The fourth-order valence-corrected chi connectivity index (χ4v) is 4.62. The largest absolute Gasteiger partial charge is 0.460 e. The van der Waals surface area contributed by atoms with Gasteiger partial charge in [0.15, 0.2) is 5.13 Å². The van der Waals surface area contributed by atoms with Crippen LogP contribution in [0.1, 0.15) is 43.0 Å². The van der Waals surface area contributed by atoms with E-state index in [9.17, 15) is 4.79 Å². The van der Waals surface area contributed by atoms with Crippen molar-refractivity contribution < 1.29 is 14.3 Å². The number of rotatable bonds is 8. The van der Waals surface area contributed by atoms with E-state index in [1.54, 1.807) is 30.5 Å². The average Bonchev–Trinajstić information content (AvgIpc) is 3.18. The predicted molar refractivity (Wildman–Crippen MR) is 127 cm³/mol. The maximum atomic E-state index is 13.2. The quantitative estimate of drug-likeness (QED) is 0.277. The Morgan fingerprint density at radius 3 is 2.90 bits per heavy atom. The molecule has 162 valence electrons. The van der Waals surface area contributed by atoms with Gasteiger partial charge in [-0.15, -0.1) is 0 Å². The van der Waals surface area contributed by atoms with Crippen molar-refractivity contribution in [3.8, 4) is 5.75 Å². The first-order valence-corrected chi connectivity index (χ1v) is 11.8. The van der Waals surface area contributed by atoms with Crippen molar-refractivity contribution in [1.29, 1.82) is 0 Å². The lowest BCUT2D eigenvalue weighted by Crippen LogP contribution is -2.33. The fraction of sp³-hybridized carbons (Fsp3) is 0.304. The summed E-state index contributed by atoms with van der Waals surface area (Å²) >= 11 is 13.8. The van der Waals surface area contributed by atoms with Crippen LogP contribution in [-0.2, 0) is 4.74 Å². The molecule has 1 aromatic heterocycles. The van der Waals surface area contributed by atoms with Crippen LogP contribution in [0.5, 0.6) is 5.75 Å². The lowest BCUT2D eigenvalue weighted by atomic mass is 10.00. The molecule has 0 radical (unpaired) electrons. The number of para-hydroxylation sites is 1. The Hall–Kier alpha value is -2.12. The molecule has 0 saturated carbocycles. The first kappa shape index (κ1) is 22.1. The predicted octanol–water partition coefficient (Wildman–Crippen LogP) is 7.10. The van der Waals surface area contributed by atoms with Crippen LogP contribution in [-0.4, -0.2) is 23.7 Å². The van der Waals surface area contributed by atoms with Crippen LogP contribution in [0.25, 0.3) is 10.2 Å². The van der Waals surface area contributed by atoms with E-state index in [1.165, 1.54) is 11.3 Å². The second-order valence-corrected chi connectivity index (χ2v) is 9.07. The zero-order chi connectivity index (χ0) is 21.8. The van der Waals surface area contributed by atoms with E-state index in [2.05, 4.69) is 17.2 Å². The van der Waals surface area contributed by atoms with E-state index in [4.69, 9.17) is 32.7 Å². The summed E-state index contributed by atoms with van der Waals surface area (Å²) in [7, 11) is 0. The summed E-state index contributed by atoms with van der Waals surface area (Å²) in [6.45, 7) is 2.67. The monoisotopic (exact) mass is 476 g/mol. The number of nitrogens with zero attached hydrogens (tertiary/aromatic N) is 1. The number of carbonyl (C=O) groups is 1. The summed E-state index contributed by atoms with van der Waals surface area (Å²) in [5, 5.41) is 4.81. The van der Waals surface area contributed by atoms with Crippen LogP contribution in [0.3, 0.4) is 0 Å². The summed E-state index contributed by atoms with van der Waals surface area (Å²) in [6.07, 6.45) is 5.09.